The monoisotopic (exact) mass is 313 g/mol. The van der Waals surface area contributed by atoms with Gasteiger partial charge in [-0.2, -0.15) is 0 Å². The van der Waals surface area contributed by atoms with Crippen LogP contribution in [0.5, 0.6) is 0 Å². The first kappa shape index (κ1) is 15.6. The lowest BCUT2D eigenvalue weighted by molar-refractivity contribution is 0.0896. The fourth-order valence-corrected chi connectivity index (χ4v) is 2.99. The van der Waals surface area contributed by atoms with Crippen molar-refractivity contribution in [2.75, 3.05) is 26.2 Å². The predicted octanol–water partition coefficient (Wildman–Crippen LogP) is 2.00. The average Bonchev–Trinajstić information content (AvgIpc) is 3.14. The Morgan fingerprint density at radius 3 is 2.87 bits per heavy atom. The molecule has 0 saturated carbocycles. The standard InChI is InChI=1S/C17H23N5O/c1-2-21-10-11-22(13-15(21)16-18-8-9-19-16)17(23)20-12-14-6-4-3-5-7-14/h3-9,15H,2,10-13H2,1H3,(H,18,19)(H,20,23)/t15-/m0/s1. The minimum atomic E-state index is -0.0128. The maximum absolute atomic E-state index is 12.4. The van der Waals surface area contributed by atoms with Gasteiger partial charge in [-0.25, -0.2) is 9.78 Å². The van der Waals surface area contributed by atoms with Gasteiger partial charge in [0.2, 0.25) is 0 Å². The molecule has 1 saturated heterocycles. The fourth-order valence-electron chi connectivity index (χ4n) is 2.99. The van der Waals surface area contributed by atoms with E-state index in [1.807, 2.05) is 41.4 Å². The number of likely N-dealkylation sites (N-methyl/N-ethyl adjacent to an activating group) is 1. The number of urea groups is 1. The van der Waals surface area contributed by atoms with Gasteiger partial charge in [0, 0.05) is 38.6 Å². The van der Waals surface area contributed by atoms with Crippen molar-refractivity contribution in [2.45, 2.75) is 19.5 Å². The lowest BCUT2D eigenvalue weighted by atomic mass is 10.1. The summed E-state index contributed by atoms with van der Waals surface area (Å²) >= 11 is 0. The van der Waals surface area contributed by atoms with Crippen molar-refractivity contribution in [3.63, 3.8) is 0 Å². The Balaban J connectivity index is 1.60. The summed E-state index contributed by atoms with van der Waals surface area (Å²) in [6.45, 7) is 5.90. The number of amides is 2. The van der Waals surface area contributed by atoms with Crippen molar-refractivity contribution in [3.05, 3.63) is 54.1 Å². The van der Waals surface area contributed by atoms with Gasteiger partial charge in [0.05, 0.1) is 6.04 Å². The number of imidazole rings is 1. The lowest BCUT2D eigenvalue weighted by Crippen LogP contribution is -2.53. The summed E-state index contributed by atoms with van der Waals surface area (Å²) in [7, 11) is 0. The minimum Gasteiger partial charge on any atom is -0.347 e. The van der Waals surface area contributed by atoms with Crippen LogP contribution in [0.15, 0.2) is 42.7 Å². The first-order valence-corrected chi connectivity index (χ1v) is 8.08. The smallest absolute Gasteiger partial charge is 0.317 e. The number of benzene rings is 1. The molecule has 1 atom stereocenters. The zero-order valence-corrected chi connectivity index (χ0v) is 13.4. The molecule has 122 valence electrons. The van der Waals surface area contributed by atoms with Crippen molar-refractivity contribution in [1.29, 1.82) is 0 Å². The molecule has 2 heterocycles. The minimum absolute atomic E-state index is 0.0128. The van der Waals surface area contributed by atoms with Gasteiger partial charge < -0.3 is 15.2 Å². The van der Waals surface area contributed by atoms with E-state index < -0.39 is 0 Å². The van der Waals surface area contributed by atoms with Crippen LogP contribution in [0.2, 0.25) is 0 Å². The molecule has 1 aromatic heterocycles. The average molecular weight is 313 g/mol. The van der Waals surface area contributed by atoms with Gasteiger partial charge in [-0.05, 0) is 12.1 Å². The van der Waals surface area contributed by atoms with Crippen LogP contribution in [0.25, 0.3) is 0 Å². The van der Waals surface area contributed by atoms with Gasteiger partial charge in [0.25, 0.3) is 0 Å². The number of carbonyl (C=O) groups is 1. The van der Waals surface area contributed by atoms with Crippen LogP contribution in [0, 0.1) is 0 Å². The third-order valence-electron chi connectivity index (χ3n) is 4.31. The van der Waals surface area contributed by atoms with E-state index in [1.54, 1.807) is 6.20 Å². The van der Waals surface area contributed by atoms with Crippen LogP contribution < -0.4 is 5.32 Å². The molecule has 0 spiro atoms. The van der Waals surface area contributed by atoms with Gasteiger partial charge in [0.15, 0.2) is 0 Å². The molecule has 0 radical (unpaired) electrons. The summed E-state index contributed by atoms with van der Waals surface area (Å²) in [5, 5.41) is 3.01. The number of rotatable bonds is 4. The SMILES string of the molecule is CCN1CCN(C(=O)NCc2ccccc2)C[C@H]1c1ncc[nH]1. The van der Waals surface area contributed by atoms with Crippen LogP contribution in [0.3, 0.4) is 0 Å². The number of nitrogens with one attached hydrogen (secondary N) is 2. The molecular weight excluding hydrogens is 290 g/mol. The number of nitrogens with zero attached hydrogens (tertiary/aromatic N) is 3. The van der Waals surface area contributed by atoms with Crippen molar-refractivity contribution < 1.29 is 4.79 Å². The van der Waals surface area contributed by atoms with E-state index in [4.69, 9.17) is 0 Å². The highest BCUT2D eigenvalue weighted by molar-refractivity contribution is 5.74. The Hall–Kier alpha value is -2.34. The molecule has 1 aliphatic heterocycles. The molecule has 1 aromatic carbocycles. The molecule has 0 aliphatic carbocycles. The van der Waals surface area contributed by atoms with E-state index in [-0.39, 0.29) is 12.1 Å². The summed E-state index contributed by atoms with van der Waals surface area (Å²) < 4.78 is 0. The zero-order chi connectivity index (χ0) is 16.1. The summed E-state index contributed by atoms with van der Waals surface area (Å²) in [4.78, 5) is 24.2. The maximum atomic E-state index is 12.4. The largest absolute Gasteiger partial charge is 0.347 e. The number of H-pyrrole nitrogens is 1. The Morgan fingerprint density at radius 2 is 2.17 bits per heavy atom. The molecule has 2 aromatic rings. The summed E-state index contributed by atoms with van der Waals surface area (Å²) in [6.07, 6.45) is 3.59. The van der Waals surface area contributed by atoms with E-state index in [1.165, 1.54) is 0 Å². The topological polar surface area (TPSA) is 64.3 Å². The second-order valence-corrected chi connectivity index (χ2v) is 5.71. The van der Waals surface area contributed by atoms with Crippen molar-refractivity contribution in [1.82, 2.24) is 25.1 Å². The molecule has 2 N–H and O–H groups in total. The molecule has 0 bridgehead atoms. The van der Waals surface area contributed by atoms with Gasteiger partial charge in [-0.3, -0.25) is 4.90 Å². The Bertz CT molecular complexity index is 613. The highest BCUT2D eigenvalue weighted by atomic mass is 16.2. The second kappa shape index (κ2) is 7.28. The zero-order valence-electron chi connectivity index (χ0n) is 13.4. The highest BCUT2D eigenvalue weighted by Crippen LogP contribution is 2.22. The molecule has 1 fully saturated rings. The van der Waals surface area contributed by atoms with Crippen molar-refractivity contribution >= 4 is 6.03 Å². The van der Waals surface area contributed by atoms with Crippen LogP contribution in [0.1, 0.15) is 24.4 Å². The molecule has 0 unspecified atom stereocenters. The number of hydrogen-bond donors (Lipinski definition) is 2. The van der Waals surface area contributed by atoms with E-state index in [2.05, 4.69) is 27.1 Å². The summed E-state index contributed by atoms with van der Waals surface area (Å²) in [5.74, 6) is 0.924. The van der Waals surface area contributed by atoms with Gasteiger partial charge >= 0.3 is 6.03 Å². The van der Waals surface area contributed by atoms with Crippen LogP contribution in [-0.2, 0) is 6.54 Å². The molecule has 1 aliphatic rings. The molecule has 23 heavy (non-hydrogen) atoms. The summed E-state index contributed by atoms with van der Waals surface area (Å²) in [6, 6.07) is 10.1. The number of piperazine rings is 1. The first-order valence-electron chi connectivity index (χ1n) is 8.08. The van der Waals surface area contributed by atoms with E-state index in [0.29, 0.717) is 13.1 Å². The van der Waals surface area contributed by atoms with Crippen LogP contribution >= 0.6 is 0 Å². The lowest BCUT2D eigenvalue weighted by Gasteiger charge is -2.39. The molecule has 6 nitrogen and oxygen atoms in total. The van der Waals surface area contributed by atoms with Crippen molar-refractivity contribution in [2.24, 2.45) is 0 Å². The van der Waals surface area contributed by atoms with Crippen LogP contribution in [-0.4, -0.2) is 52.0 Å². The third kappa shape index (κ3) is 3.71. The number of aromatic nitrogens is 2. The highest BCUT2D eigenvalue weighted by Gasteiger charge is 2.31. The number of carbonyl (C=O) groups excluding carboxylic acids is 1. The van der Waals surface area contributed by atoms with Gasteiger partial charge in [-0.15, -0.1) is 0 Å². The normalized spacial score (nSPS) is 18.8. The van der Waals surface area contributed by atoms with Crippen LogP contribution in [0.4, 0.5) is 4.79 Å². The molecule has 2 amide bonds. The van der Waals surface area contributed by atoms with Crippen molar-refractivity contribution in [3.8, 4) is 0 Å². The van der Waals surface area contributed by atoms with E-state index in [9.17, 15) is 4.79 Å². The Kier molecular flexibility index (Phi) is 4.92. The second-order valence-electron chi connectivity index (χ2n) is 5.71. The number of aromatic amines is 1. The molecular formula is C17H23N5O. The number of hydrogen-bond acceptors (Lipinski definition) is 3. The Morgan fingerprint density at radius 1 is 1.35 bits per heavy atom. The van der Waals surface area contributed by atoms with E-state index in [0.717, 1.165) is 31.0 Å². The molecule has 3 rings (SSSR count). The van der Waals surface area contributed by atoms with Gasteiger partial charge in [0.1, 0.15) is 5.82 Å². The van der Waals surface area contributed by atoms with E-state index >= 15 is 0 Å². The first-order chi connectivity index (χ1) is 11.3. The third-order valence-corrected chi connectivity index (χ3v) is 4.31. The maximum Gasteiger partial charge on any atom is 0.317 e. The Labute approximate surface area is 136 Å². The fraction of sp³-hybridized carbons (Fsp3) is 0.412. The molecule has 6 heteroatoms. The predicted molar refractivity (Wildman–Crippen MR) is 88.8 cm³/mol. The summed E-state index contributed by atoms with van der Waals surface area (Å²) in [5.41, 5.74) is 1.11. The van der Waals surface area contributed by atoms with Gasteiger partial charge in [-0.1, -0.05) is 37.3 Å². The quantitative estimate of drug-likeness (QED) is 0.907.